The molecular weight excluding hydrogens is 350 g/mol. The molecule has 130 valence electrons. The zero-order valence-electron chi connectivity index (χ0n) is 13.0. The van der Waals surface area contributed by atoms with E-state index in [-0.39, 0.29) is 17.4 Å². The van der Waals surface area contributed by atoms with Gasteiger partial charge in [-0.15, -0.1) is 0 Å². The van der Waals surface area contributed by atoms with Crippen LogP contribution in [0.3, 0.4) is 0 Å². The molecule has 0 aliphatic carbocycles. The number of hydrogen-bond donors (Lipinski definition) is 1. The molecule has 0 spiro atoms. The molecule has 10 heteroatoms. The van der Waals surface area contributed by atoms with E-state index >= 15 is 0 Å². The number of nitro groups is 1. The zero-order valence-corrected chi connectivity index (χ0v) is 13.8. The van der Waals surface area contributed by atoms with E-state index in [1.165, 1.54) is 18.2 Å². The molecule has 2 aromatic rings. The first kappa shape index (κ1) is 16.7. The monoisotopic (exact) mass is 363 g/mol. The highest BCUT2D eigenvalue weighted by molar-refractivity contribution is 7.89. The van der Waals surface area contributed by atoms with E-state index < -0.39 is 14.9 Å². The SMILES string of the molecule is C/C(=N\NS(=O)(=O)c1cccc([N+](=O)[O-])c1)c1ccc2c(c1)OCO2. The van der Waals surface area contributed by atoms with Gasteiger partial charge in [-0.1, -0.05) is 6.07 Å². The van der Waals surface area contributed by atoms with Crippen LogP contribution in [0.25, 0.3) is 0 Å². The number of fused-ring (bicyclic) bond motifs is 1. The summed E-state index contributed by atoms with van der Waals surface area (Å²) in [4.78, 5) is 11.9. The lowest BCUT2D eigenvalue weighted by Crippen LogP contribution is -2.20. The summed E-state index contributed by atoms with van der Waals surface area (Å²) in [6.07, 6.45) is 0. The topological polar surface area (TPSA) is 120 Å². The Balaban J connectivity index is 1.82. The maximum Gasteiger partial charge on any atom is 0.276 e. The van der Waals surface area contributed by atoms with Gasteiger partial charge in [0, 0.05) is 17.7 Å². The van der Waals surface area contributed by atoms with Crippen molar-refractivity contribution in [1.82, 2.24) is 4.83 Å². The predicted octanol–water partition coefficient (Wildman–Crippen LogP) is 2.03. The molecule has 0 unspecified atom stereocenters. The Kier molecular flexibility index (Phi) is 4.28. The second kappa shape index (κ2) is 6.40. The van der Waals surface area contributed by atoms with Crippen molar-refractivity contribution in [2.75, 3.05) is 6.79 Å². The van der Waals surface area contributed by atoms with E-state index in [1.807, 2.05) is 0 Å². The summed E-state index contributed by atoms with van der Waals surface area (Å²) < 4.78 is 35.0. The molecule has 1 aliphatic heterocycles. The van der Waals surface area contributed by atoms with Crippen LogP contribution >= 0.6 is 0 Å². The Bertz CT molecular complexity index is 971. The van der Waals surface area contributed by atoms with Gasteiger partial charge in [0.25, 0.3) is 15.7 Å². The number of nitrogens with one attached hydrogen (secondary N) is 1. The summed E-state index contributed by atoms with van der Waals surface area (Å²) in [6, 6.07) is 9.82. The minimum absolute atomic E-state index is 0.133. The molecule has 0 amide bonds. The van der Waals surface area contributed by atoms with Gasteiger partial charge in [0.1, 0.15) is 0 Å². The van der Waals surface area contributed by atoms with Crippen molar-refractivity contribution >= 4 is 21.4 Å². The van der Waals surface area contributed by atoms with E-state index in [4.69, 9.17) is 9.47 Å². The fourth-order valence-corrected chi connectivity index (χ4v) is 3.03. The minimum atomic E-state index is -4.03. The largest absolute Gasteiger partial charge is 0.454 e. The van der Waals surface area contributed by atoms with E-state index in [9.17, 15) is 18.5 Å². The van der Waals surface area contributed by atoms with Gasteiger partial charge in [-0.05, 0) is 31.2 Å². The average Bonchev–Trinajstić information content (AvgIpc) is 3.07. The van der Waals surface area contributed by atoms with Gasteiger partial charge in [-0.25, -0.2) is 0 Å². The number of hydrazone groups is 1. The highest BCUT2D eigenvalue weighted by Gasteiger charge is 2.18. The van der Waals surface area contributed by atoms with E-state index in [0.717, 1.165) is 6.07 Å². The summed E-state index contributed by atoms with van der Waals surface area (Å²) in [7, 11) is -4.03. The molecule has 0 bridgehead atoms. The van der Waals surface area contributed by atoms with Crippen LogP contribution in [0.5, 0.6) is 11.5 Å². The molecular formula is C15H13N3O6S. The van der Waals surface area contributed by atoms with Gasteiger partial charge < -0.3 is 9.47 Å². The summed E-state index contributed by atoms with van der Waals surface area (Å²) in [5.74, 6) is 1.15. The van der Waals surface area contributed by atoms with Gasteiger partial charge in [0.15, 0.2) is 11.5 Å². The van der Waals surface area contributed by atoms with E-state index in [1.54, 1.807) is 25.1 Å². The highest BCUT2D eigenvalue weighted by Crippen LogP contribution is 2.32. The van der Waals surface area contributed by atoms with Crippen molar-refractivity contribution in [3.05, 3.63) is 58.1 Å². The standard InChI is InChI=1S/C15H13N3O6S/c1-10(11-5-6-14-15(7-11)24-9-23-14)16-17-25(21,22)13-4-2-3-12(8-13)18(19)20/h2-8,17H,9H2,1H3/b16-10+. The Morgan fingerprint density at radius 2 is 1.96 bits per heavy atom. The predicted molar refractivity (Wildman–Crippen MR) is 88.2 cm³/mol. The molecule has 0 saturated heterocycles. The molecule has 0 aromatic heterocycles. The molecule has 2 aromatic carbocycles. The van der Waals surface area contributed by atoms with Crippen molar-refractivity contribution in [2.45, 2.75) is 11.8 Å². The third kappa shape index (κ3) is 3.53. The first-order valence-corrected chi connectivity index (χ1v) is 8.56. The molecule has 0 atom stereocenters. The number of non-ortho nitro benzene ring substituents is 1. The van der Waals surface area contributed by atoms with Crippen molar-refractivity contribution in [3.8, 4) is 11.5 Å². The maximum atomic E-state index is 12.2. The van der Waals surface area contributed by atoms with Gasteiger partial charge in [0.2, 0.25) is 6.79 Å². The number of nitrogens with zero attached hydrogens (tertiary/aromatic N) is 2. The summed E-state index contributed by atoms with van der Waals surface area (Å²) in [5, 5.41) is 14.6. The molecule has 9 nitrogen and oxygen atoms in total. The van der Waals surface area contributed by atoms with Crippen LogP contribution in [0.15, 0.2) is 52.5 Å². The first-order chi connectivity index (χ1) is 11.9. The van der Waals surface area contributed by atoms with Crippen molar-refractivity contribution in [3.63, 3.8) is 0 Å². The number of hydrogen-bond acceptors (Lipinski definition) is 7. The maximum absolute atomic E-state index is 12.2. The fourth-order valence-electron chi connectivity index (χ4n) is 2.13. The van der Waals surface area contributed by atoms with Gasteiger partial charge in [-0.2, -0.15) is 18.4 Å². The zero-order chi connectivity index (χ0) is 18.0. The molecule has 1 heterocycles. The smallest absolute Gasteiger partial charge is 0.276 e. The normalized spacial score (nSPS) is 13.6. The summed E-state index contributed by atoms with van der Waals surface area (Å²) in [6.45, 7) is 1.75. The lowest BCUT2D eigenvalue weighted by Gasteiger charge is -2.06. The van der Waals surface area contributed by atoms with Crippen LogP contribution in [0.2, 0.25) is 0 Å². The van der Waals surface area contributed by atoms with Crippen LogP contribution < -0.4 is 14.3 Å². The van der Waals surface area contributed by atoms with Crippen LogP contribution in [0, 0.1) is 10.1 Å². The Hall–Kier alpha value is -3.14. The number of rotatable bonds is 5. The quantitative estimate of drug-likeness (QED) is 0.493. The second-order valence-corrected chi connectivity index (χ2v) is 6.78. The fraction of sp³-hybridized carbons (Fsp3) is 0.133. The van der Waals surface area contributed by atoms with Gasteiger partial charge in [0.05, 0.1) is 15.5 Å². The molecule has 0 radical (unpaired) electrons. The summed E-state index contributed by atoms with van der Waals surface area (Å²) >= 11 is 0. The molecule has 3 rings (SSSR count). The van der Waals surface area contributed by atoms with E-state index in [2.05, 4.69) is 9.93 Å². The molecule has 0 fully saturated rings. The molecule has 0 saturated carbocycles. The van der Waals surface area contributed by atoms with Crippen LogP contribution in [0.1, 0.15) is 12.5 Å². The molecule has 1 aliphatic rings. The van der Waals surface area contributed by atoms with Crippen LogP contribution in [-0.4, -0.2) is 25.8 Å². The van der Waals surface area contributed by atoms with Gasteiger partial charge in [-0.3, -0.25) is 10.1 Å². The highest BCUT2D eigenvalue weighted by atomic mass is 32.2. The Labute approximate surface area is 143 Å². The van der Waals surface area contributed by atoms with Crippen LogP contribution in [0.4, 0.5) is 5.69 Å². The number of benzene rings is 2. The molecule has 1 N–H and O–H groups in total. The minimum Gasteiger partial charge on any atom is -0.454 e. The van der Waals surface area contributed by atoms with Crippen molar-refractivity contribution in [2.24, 2.45) is 5.10 Å². The van der Waals surface area contributed by atoms with E-state index in [0.29, 0.717) is 22.8 Å². The summed E-state index contributed by atoms with van der Waals surface area (Å²) in [5.41, 5.74) is 0.720. The number of nitro benzene ring substituents is 1. The lowest BCUT2D eigenvalue weighted by atomic mass is 10.1. The van der Waals surface area contributed by atoms with Crippen molar-refractivity contribution in [1.29, 1.82) is 0 Å². The average molecular weight is 363 g/mol. The third-order valence-electron chi connectivity index (χ3n) is 3.46. The molecule has 25 heavy (non-hydrogen) atoms. The second-order valence-electron chi connectivity index (χ2n) is 5.11. The number of sulfonamides is 1. The third-order valence-corrected chi connectivity index (χ3v) is 4.67. The Morgan fingerprint density at radius 1 is 1.20 bits per heavy atom. The van der Waals surface area contributed by atoms with Crippen molar-refractivity contribution < 1.29 is 22.8 Å². The van der Waals surface area contributed by atoms with Crippen LogP contribution in [-0.2, 0) is 10.0 Å². The number of ether oxygens (including phenoxy) is 2. The van der Waals surface area contributed by atoms with Gasteiger partial charge >= 0.3 is 0 Å². The lowest BCUT2D eigenvalue weighted by molar-refractivity contribution is -0.385. The Morgan fingerprint density at radius 3 is 2.72 bits per heavy atom. The first-order valence-electron chi connectivity index (χ1n) is 7.07.